The van der Waals surface area contributed by atoms with Gasteiger partial charge in [-0.15, -0.1) is 11.3 Å². The summed E-state index contributed by atoms with van der Waals surface area (Å²) in [5.74, 6) is 1.66. The molecular formula is C10H14N2O4S3. The number of ether oxygens (including phenoxy) is 1. The number of nitrogens with one attached hydrogen (secondary N) is 1. The summed E-state index contributed by atoms with van der Waals surface area (Å²) in [5.41, 5.74) is 1.17. The number of rotatable bonds is 5. The molecule has 0 saturated carbocycles. The van der Waals surface area contributed by atoms with E-state index in [4.69, 9.17) is 0 Å². The molecule has 1 aromatic rings. The summed E-state index contributed by atoms with van der Waals surface area (Å²) in [6.07, 6.45) is 1.01. The third-order valence-corrected chi connectivity index (χ3v) is 6.77. The van der Waals surface area contributed by atoms with E-state index < -0.39 is 16.0 Å². The quantitative estimate of drug-likeness (QED) is 0.813. The van der Waals surface area contributed by atoms with Crippen LogP contribution in [-0.4, -0.2) is 44.5 Å². The number of thiazole rings is 1. The van der Waals surface area contributed by atoms with Crippen molar-refractivity contribution >= 4 is 39.1 Å². The molecule has 9 heteroatoms. The number of aromatic nitrogens is 1. The minimum absolute atomic E-state index is 0.0787. The lowest BCUT2D eigenvalue weighted by atomic mass is 10.1. The van der Waals surface area contributed by atoms with Crippen LogP contribution >= 0.6 is 23.1 Å². The Balaban J connectivity index is 2.10. The molecule has 1 aliphatic heterocycles. The number of hydrogen-bond acceptors (Lipinski definition) is 7. The van der Waals surface area contributed by atoms with Crippen LogP contribution in [-0.2, 0) is 14.8 Å². The first-order valence-electron chi connectivity index (χ1n) is 5.64. The molecule has 0 radical (unpaired) electrons. The van der Waals surface area contributed by atoms with E-state index in [0.29, 0.717) is 12.5 Å². The van der Waals surface area contributed by atoms with Crippen molar-refractivity contribution in [3.05, 3.63) is 11.2 Å². The topological polar surface area (TPSA) is 85.4 Å². The number of esters is 1. The van der Waals surface area contributed by atoms with E-state index in [2.05, 4.69) is 14.4 Å². The molecule has 1 aromatic heterocycles. The third-order valence-electron chi connectivity index (χ3n) is 2.74. The molecule has 1 N–H and O–H groups in total. The van der Waals surface area contributed by atoms with E-state index in [1.54, 1.807) is 0 Å². The standard InChI is InChI=1S/C10H14N2O4S3/c1-16-9(13)8-10(18-6-11-8)19(14,15)12-4-7-2-3-17-5-7/h6-7,12H,2-5H2,1H3. The van der Waals surface area contributed by atoms with E-state index in [1.807, 2.05) is 11.8 Å². The van der Waals surface area contributed by atoms with Crippen molar-refractivity contribution < 1.29 is 17.9 Å². The van der Waals surface area contributed by atoms with Gasteiger partial charge >= 0.3 is 5.97 Å². The third kappa shape index (κ3) is 3.47. The first-order valence-corrected chi connectivity index (χ1v) is 9.15. The Kier molecular flexibility index (Phi) is 4.82. The van der Waals surface area contributed by atoms with Gasteiger partial charge in [-0.05, 0) is 23.8 Å². The maximum Gasteiger partial charge on any atom is 0.358 e. The monoisotopic (exact) mass is 322 g/mol. The molecule has 1 fully saturated rings. The van der Waals surface area contributed by atoms with Gasteiger partial charge in [0.05, 0.1) is 12.6 Å². The van der Waals surface area contributed by atoms with Crippen LogP contribution in [0.3, 0.4) is 0 Å². The van der Waals surface area contributed by atoms with Crippen molar-refractivity contribution in [1.82, 2.24) is 9.71 Å². The molecule has 6 nitrogen and oxygen atoms in total. The number of methoxy groups -OCH3 is 1. The van der Waals surface area contributed by atoms with Gasteiger partial charge in [-0.3, -0.25) is 0 Å². The molecule has 0 amide bonds. The van der Waals surface area contributed by atoms with Crippen LogP contribution in [0, 0.1) is 5.92 Å². The molecule has 1 unspecified atom stereocenters. The second-order valence-corrected chi connectivity index (χ2v) is 8.03. The summed E-state index contributed by atoms with van der Waals surface area (Å²) in [6, 6.07) is 0. The average Bonchev–Trinajstić information content (AvgIpc) is 3.06. The maximum atomic E-state index is 12.1. The lowest BCUT2D eigenvalue weighted by Gasteiger charge is -2.10. The van der Waals surface area contributed by atoms with Crippen molar-refractivity contribution in [3.63, 3.8) is 0 Å². The Morgan fingerprint density at radius 3 is 3.05 bits per heavy atom. The Hall–Kier alpha value is -0.640. The summed E-state index contributed by atoms with van der Waals surface area (Å²) >= 11 is 2.74. The molecule has 0 bridgehead atoms. The van der Waals surface area contributed by atoms with E-state index in [-0.39, 0.29) is 9.90 Å². The number of carbonyl (C=O) groups is 1. The van der Waals surface area contributed by atoms with Crippen LogP contribution in [0.5, 0.6) is 0 Å². The second kappa shape index (κ2) is 6.21. The van der Waals surface area contributed by atoms with Crippen molar-refractivity contribution in [2.75, 3.05) is 25.2 Å². The summed E-state index contributed by atoms with van der Waals surface area (Å²) < 4.78 is 31.3. The van der Waals surface area contributed by atoms with Gasteiger partial charge in [-0.2, -0.15) is 11.8 Å². The van der Waals surface area contributed by atoms with Gasteiger partial charge in [0, 0.05) is 6.54 Å². The van der Waals surface area contributed by atoms with Crippen molar-refractivity contribution in [3.8, 4) is 0 Å². The zero-order valence-electron chi connectivity index (χ0n) is 10.3. The normalized spacial score (nSPS) is 19.5. The molecule has 106 valence electrons. The minimum Gasteiger partial charge on any atom is -0.464 e. The summed E-state index contributed by atoms with van der Waals surface area (Å²) in [5, 5.41) is 0. The van der Waals surface area contributed by atoms with Crippen LogP contribution in [0.4, 0.5) is 0 Å². The summed E-state index contributed by atoms with van der Waals surface area (Å²) in [4.78, 5) is 15.2. The first kappa shape index (κ1) is 14.8. The largest absolute Gasteiger partial charge is 0.464 e. The molecule has 1 atom stereocenters. The van der Waals surface area contributed by atoms with Gasteiger partial charge in [0.2, 0.25) is 0 Å². The van der Waals surface area contributed by atoms with Gasteiger partial charge < -0.3 is 4.74 Å². The van der Waals surface area contributed by atoms with Crippen molar-refractivity contribution in [1.29, 1.82) is 0 Å². The van der Waals surface area contributed by atoms with Crippen LogP contribution < -0.4 is 4.72 Å². The highest BCUT2D eigenvalue weighted by Crippen LogP contribution is 2.24. The van der Waals surface area contributed by atoms with Crippen molar-refractivity contribution in [2.24, 2.45) is 5.92 Å². The first-order chi connectivity index (χ1) is 9.04. The molecule has 19 heavy (non-hydrogen) atoms. The van der Waals surface area contributed by atoms with Crippen LogP contribution in [0.25, 0.3) is 0 Å². The van der Waals surface area contributed by atoms with Gasteiger partial charge in [0.25, 0.3) is 10.0 Å². The zero-order valence-corrected chi connectivity index (χ0v) is 12.7. The van der Waals surface area contributed by atoms with Crippen molar-refractivity contribution in [2.45, 2.75) is 10.6 Å². The zero-order chi connectivity index (χ0) is 13.9. The fraction of sp³-hybridized carbons (Fsp3) is 0.600. The highest BCUT2D eigenvalue weighted by molar-refractivity contribution is 7.99. The Bertz CT molecular complexity index is 549. The van der Waals surface area contributed by atoms with Crippen LogP contribution in [0.1, 0.15) is 16.9 Å². The lowest BCUT2D eigenvalue weighted by molar-refractivity contribution is 0.0590. The fourth-order valence-electron chi connectivity index (χ4n) is 1.70. The van der Waals surface area contributed by atoms with Gasteiger partial charge in [-0.25, -0.2) is 22.9 Å². The van der Waals surface area contributed by atoms with E-state index in [9.17, 15) is 13.2 Å². The Labute approximate surface area is 120 Å². The molecule has 2 heterocycles. The molecule has 0 spiro atoms. The summed E-state index contributed by atoms with van der Waals surface area (Å²) in [7, 11) is -2.50. The molecule has 1 aliphatic rings. The molecule has 0 aliphatic carbocycles. The molecule has 2 rings (SSSR count). The highest BCUT2D eigenvalue weighted by atomic mass is 32.2. The molecule has 1 saturated heterocycles. The highest BCUT2D eigenvalue weighted by Gasteiger charge is 2.27. The van der Waals surface area contributed by atoms with E-state index in [1.165, 1.54) is 12.6 Å². The number of hydrogen-bond donors (Lipinski definition) is 1. The second-order valence-electron chi connectivity index (χ2n) is 4.06. The molecular weight excluding hydrogens is 308 g/mol. The predicted molar refractivity (Wildman–Crippen MR) is 74.1 cm³/mol. The number of sulfonamides is 1. The Morgan fingerprint density at radius 1 is 1.63 bits per heavy atom. The number of carbonyl (C=O) groups excluding carboxylic acids is 1. The predicted octanol–water partition coefficient (Wildman–Crippen LogP) is 0.961. The smallest absolute Gasteiger partial charge is 0.358 e. The fourth-order valence-corrected chi connectivity index (χ4v) is 5.27. The van der Waals surface area contributed by atoms with Gasteiger partial charge in [-0.1, -0.05) is 0 Å². The molecule has 0 aromatic carbocycles. The van der Waals surface area contributed by atoms with Gasteiger partial charge in [0.15, 0.2) is 9.90 Å². The number of nitrogens with zero attached hydrogens (tertiary/aromatic N) is 1. The van der Waals surface area contributed by atoms with Gasteiger partial charge in [0.1, 0.15) is 0 Å². The maximum absolute atomic E-state index is 12.1. The lowest BCUT2D eigenvalue weighted by Crippen LogP contribution is -2.30. The van der Waals surface area contributed by atoms with E-state index in [0.717, 1.165) is 29.3 Å². The average molecular weight is 322 g/mol. The number of thioether (sulfide) groups is 1. The van der Waals surface area contributed by atoms with Crippen LogP contribution in [0.2, 0.25) is 0 Å². The Morgan fingerprint density at radius 2 is 2.42 bits per heavy atom. The SMILES string of the molecule is COC(=O)c1ncsc1S(=O)(=O)NCC1CCSC1. The van der Waals surface area contributed by atoms with Crippen LogP contribution in [0.15, 0.2) is 9.72 Å². The minimum atomic E-state index is -3.69. The van der Waals surface area contributed by atoms with E-state index >= 15 is 0 Å². The summed E-state index contributed by atoms with van der Waals surface area (Å²) in [6.45, 7) is 0.397.